The molecule has 5 heteroatoms. The van der Waals surface area contributed by atoms with E-state index in [-0.39, 0.29) is 0 Å². The van der Waals surface area contributed by atoms with Gasteiger partial charge in [-0.1, -0.05) is 4.57 Å². The van der Waals surface area contributed by atoms with Gasteiger partial charge in [-0.3, -0.25) is 0 Å². The number of hydrogen-bond donors (Lipinski definition) is 0. The van der Waals surface area contributed by atoms with E-state index in [1.807, 2.05) is 11.6 Å². The fraction of sp³-hybridized carbons (Fsp3) is 0.571. The molecule has 12 heavy (non-hydrogen) atoms. The number of hydrogen-bond acceptors (Lipinski definition) is 4. The monoisotopic (exact) mass is 201 g/mol. The molecule has 0 amide bonds. The zero-order chi connectivity index (χ0) is 8.39. The fourth-order valence-corrected chi connectivity index (χ4v) is 3.10. The van der Waals surface area contributed by atoms with Crippen LogP contribution in [0.15, 0.2) is 11.6 Å². The maximum absolute atomic E-state index is 11.1. The van der Waals surface area contributed by atoms with E-state index in [4.69, 9.17) is 0 Å². The van der Waals surface area contributed by atoms with Crippen molar-refractivity contribution in [3.05, 3.63) is 11.6 Å². The van der Waals surface area contributed by atoms with Crippen molar-refractivity contribution in [2.45, 2.75) is 0 Å². The summed E-state index contributed by atoms with van der Waals surface area (Å²) in [6, 6.07) is 0. The molecule has 3 nitrogen and oxygen atoms in total. The van der Waals surface area contributed by atoms with E-state index in [9.17, 15) is 4.57 Å². The van der Waals surface area contributed by atoms with Crippen molar-refractivity contribution in [3.8, 4) is 0 Å². The van der Waals surface area contributed by atoms with Gasteiger partial charge in [0.25, 0.3) is 0 Å². The summed E-state index contributed by atoms with van der Waals surface area (Å²) in [5.41, 5.74) is 0. The zero-order valence-electron chi connectivity index (χ0n) is 6.64. The first-order chi connectivity index (χ1) is 5.86. The molecule has 0 saturated carbocycles. The Kier molecular flexibility index (Phi) is 2.38. The lowest BCUT2D eigenvalue weighted by Crippen LogP contribution is -2.32. The van der Waals surface area contributed by atoms with Crippen molar-refractivity contribution in [2.75, 3.05) is 30.3 Å². The molecule has 0 N–H and O–H groups in total. The summed E-state index contributed by atoms with van der Waals surface area (Å²) in [6.07, 6.45) is 3.47. The third-order valence-corrected chi connectivity index (χ3v) is 4.16. The van der Waals surface area contributed by atoms with E-state index >= 15 is 0 Å². The van der Waals surface area contributed by atoms with Crippen molar-refractivity contribution in [1.29, 1.82) is 0 Å². The quantitative estimate of drug-likeness (QED) is 0.649. The Morgan fingerprint density at radius 3 is 2.83 bits per heavy atom. The Hall–Kier alpha value is -0.470. The molecule has 1 saturated heterocycles. The van der Waals surface area contributed by atoms with Gasteiger partial charge in [0.15, 0.2) is 17.5 Å². The van der Waals surface area contributed by atoms with Gasteiger partial charge in [0.05, 0.1) is 13.1 Å². The molecule has 1 aromatic rings. The van der Waals surface area contributed by atoms with Crippen LogP contribution in [0, 0.1) is 0 Å². The van der Waals surface area contributed by atoms with Gasteiger partial charge in [-0.25, -0.2) is 4.98 Å². The highest BCUT2D eigenvalue weighted by Gasteiger charge is 2.25. The molecular weight excluding hydrogens is 191 g/mol. The molecule has 0 aromatic carbocycles. The van der Waals surface area contributed by atoms with Gasteiger partial charge >= 0.3 is 7.80 Å². The molecule has 64 valence electrons. The van der Waals surface area contributed by atoms with Crippen LogP contribution in [-0.2, 0) is 4.57 Å². The van der Waals surface area contributed by atoms with Crippen LogP contribution < -0.4 is 4.90 Å². The van der Waals surface area contributed by atoms with Crippen LogP contribution in [0.2, 0.25) is 0 Å². The lowest BCUT2D eigenvalue weighted by atomic mass is 10.5. The lowest BCUT2D eigenvalue weighted by molar-refractivity contribution is 0.582. The molecule has 0 spiro atoms. The van der Waals surface area contributed by atoms with Crippen molar-refractivity contribution in [2.24, 2.45) is 0 Å². The number of rotatable bonds is 1. The SMILES string of the molecule is O=[P+]1CCN(c2nccs2)CC1. The van der Waals surface area contributed by atoms with Gasteiger partial charge in [-0.2, -0.15) is 0 Å². The molecule has 1 fully saturated rings. The summed E-state index contributed by atoms with van der Waals surface area (Å²) in [5, 5.41) is 3.04. The summed E-state index contributed by atoms with van der Waals surface area (Å²) < 4.78 is 11.1. The molecule has 2 rings (SSSR count). The Balaban J connectivity index is 2.03. The van der Waals surface area contributed by atoms with Crippen LogP contribution in [-0.4, -0.2) is 30.4 Å². The molecule has 1 aliphatic heterocycles. The Bertz CT molecular complexity index is 265. The van der Waals surface area contributed by atoms with Gasteiger partial charge in [0.2, 0.25) is 0 Å². The van der Waals surface area contributed by atoms with Gasteiger partial charge in [0, 0.05) is 11.6 Å². The summed E-state index contributed by atoms with van der Waals surface area (Å²) in [6.45, 7) is 1.81. The van der Waals surface area contributed by atoms with E-state index < -0.39 is 7.80 Å². The Labute approximate surface area is 76.2 Å². The number of aromatic nitrogens is 1. The number of nitrogens with zero attached hydrogens (tertiary/aromatic N) is 2. The third kappa shape index (κ3) is 1.65. The molecule has 0 unspecified atom stereocenters. The van der Waals surface area contributed by atoms with Crippen LogP contribution >= 0.6 is 19.1 Å². The molecule has 0 bridgehead atoms. The van der Waals surface area contributed by atoms with E-state index in [1.54, 1.807) is 11.3 Å². The molecule has 2 heterocycles. The predicted octanol–water partition coefficient (Wildman–Crippen LogP) is 1.79. The van der Waals surface area contributed by atoms with Crippen molar-refractivity contribution in [3.63, 3.8) is 0 Å². The summed E-state index contributed by atoms with van der Waals surface area (Å²) in [7, 11) is -0.909. The maximum Gasteiger partial charge on any atom is 0.342 e. The van der Waals surface area contributed by atoms with Gasteiger partial charge in [-0.05, 0) is 0 Å². The molecule has 0 aliphatic carbocycles. The predicted molar refractivity (Wildman–Crippen MR) is 51.7 cm³/mol. The average Bonchev–Trinajstić information content (AvgIpc) is 2.58. The highest BCUT2D eigenvalue weighted by molar-refractivity contribution is 7.44. The van der Waals surface area contributed by atoms with Crippen molar-refractivity contribution < 1.29 is 4.57 Å². The standard InChI is InChI=1S/C7H10N2OPS/c10-11-4-2-9(3-5-11)7-8-1-6-12-7/h1,6H,2-5H2/q+1. The minimum Gasteiger partial charge on any atom is -0.340 e. The number of anilines is 1. The Morgan fingerprint density at radius 2 is 2.25 bits per heavy atom. The smallest absolute Gasteiger partial charge is 0.340 e. The molecule has 1 aliphatic rings. The molecule has 0 atom stereocenters. The third-order valence-electron chi connectivity index (χ3n) is 1.93. The molecule has 1 aromatic heterocycles. The van der Waals surface area contributed by atoms with E-state index in [0.29, 0.717) is 0 Å². The lowest BCUT2D eigenvalue weighted by Gasteiger charge is -2.20. The normalized spacial score (nSPS) is 18.3. The first-order valence-corrected chi connectivity index (χ1v) is 6.44. The first kappa shape index (κ1) is 8.14. The van der Waals surface area contributed by atoms with Crippen LogP contribution in [0.3, 0.4) is 0 Å². The second kappa shape index (κ2) is 3.50. The maximum atomic E-state index is 11.1. The van der Waals surface area contributed by atoms with Gasteiger partial charge in [0.1, 0.15) is 0 Å². The Morgan fingerprint density at radius 1 is 1.50 bits per heavy atom. The van der Waals surface area contributed by atoms with E-state index in [0.717, 1.165) is 30.5 Å². The van der Waals surface area contributed by atoms with Crippen molar-refractivity contribution >= 4 is 24.3 Å². The van der Waals surface area contributed by atoms with Crippen LogP contribution in [0.4, 0.5) is 5.13 Å². The molecule has 0 radical (unpaired) electrons. The van der Waals surface area contributed by atoms with Crippen molar-refractivity contribution in [1.82, 2.24) is 4.98 Å². The highest BCUT2D eigenvalue weighted by atomic mass is 32.1. The van der Waals surface area contributed by atoms with E-state index in [1.165, 1.54) is 0 Å². The summed E-state index contributed by atoms with van der Waals surface area (Å²) >= 11 is 1.65. The van der Waals surface area contributed by atoms with Gasteiger partial charge < -0.3 is 4.90 Å². The minimum atomic E-state index is -0.909. The van der Waals surface area contributed by atoms with Crippen LogP contribution in [0.25, 0.3) is 0 Å². The summed E-state index contributed by atoms with van der Waals surface area (Å²) in [5.74, 6) is 0. The van der Waals surface area contributed by atoms with Gasteiger partial charge in [-0.15, -0.1) is 11.3 Å². The highest BCUT2D eigenvalue weighted by Crippen LogP contribution is 2.28. The number of thiazole rings is 1. The summed E-state index contributed by atoms with van der Waals surface area (Å²) in [4.78, 5) is 6.42. The fourth-order valence-electron chi connectivity index (χ4n) is 1.25. The average molecular weight is 201 g/mol. The molecular formula is C7H10N2OPS+. The van der Waals surface area contributed by atoms with E-state index in [2.05, 4.69) is 9.88 Å². The first-order valence-electron chi connectivity index (χ1n) is 3.93. The zero-order valence-corrected chi connectivity index (χ0v) is 8.35. The second-order valence-electron chi connectivity index (χ2n) is 2.73. The van der Waals surface area contributed by atoms with Crippen LogP contribution in [0.1, 0.15) is 0 Å². The topological polar surface area (TPSA) is 33.2 Å². The largest absolute Gasteiger partial charge is 0.342 e. The second-order valence-corrected chi connectivity index (χ2v) is 5.46. The minimum absolute atomic E-state index is 0.828. The van der Waals surface area contributed by atoms with Crippen LogP contribution in [0.5, 0.6) is 0 Å².